The number of Topliss-reactive ketones (excluding diaryl/α,β-unsaturated/α-hetero) is 1. The molecule has 0 aromatic heterocycles. The van der Waals surface area contributed by atoms with Gasteiger partial charge in [-0.2, -0.15) is 0 Å². The smallest absolute Gasteiger partial charge is 0.159 e. The summed E-state index contributed by atoms with van der Waals surface area (Å²) in [4.78, 5) is 12.0. The van der Waals surface area contributed by atoms with Gasteiger partial charge in [-0.15, -0.1) is 0 Å². The van der Waals surface area contributed by atoms with Crippen molar-refractivity contribution in [3.63, 3.8) is 0 Å². The zero-order valence-corrected chi connectivity index (χ0v) is 13.9. The highest BCUT2D eigenvalue weighted by atomic mass is 16.1. The second kappa shape index (κ2) is 11.5. The number of ketones is 1. The largest absolute Gasteiger partial charge is 0.295 e. The van der Waals surface area contributed by atoms with Crippen molar-refractivity contribution in [3.8, 4) is 0 Å². The summed E-state index contributed by atoms with van der Waals surface area (Å²) in [7, 11) is 0. The van der Waals surface area contributed by atoms with E-state index in [4.69, 9.17) is 0 Å². The van der Waals surface area contributed by atoms with Gasteiger partial charge in [-0.1, -0.05) is 69.9 Å². The van der Waals surface area contributed by atoms with E-state index in [9.17, 15) is 4.79 Å². The van der Waals surface area contributed by atoms with Crippen LogP contribution in [0.15, 0.2) is 36.0 Å². The van der Waals surface area contributed by atoms with E-state index in [0.717, 1.165) is 31.3 Å². The van der Waals surface area contributed by atoms with Gasteiger partial charge in [0.2, 0.25) is 0 Å². The van der Waals surface area contributed by atoms with Crippen LogP contribution in [0.1, 0.15) is 78.1 Å². The van der Waals surface area contributed by atoms with E-state index in [1.165, 1.54) is 38.5 Å². The Kier molecular flexibility index (Phi) is 9.86. The molecule has 0 unspecified atom stereocenters. The van der Waals surface area contributed by atoms with Crippen molar-refractivity contribution >= 4 is 5.78 Å². The lowest BCUT2D eigenvalue weighted by molar-refractivity contribution is -0.114. The molecule has 0 saturated heterocycles. The number of carbonyl (C=O) groups is 1. The quantitative estimate of drug-likeness (QED) is 0.267. The summed E-state index contributed by atoms with van der Waals surface area (Å²) < 4.78 is 0. The summed E-state index contributed by atoms with van der Waals surface area (Å²) in [6, 6.07) is 0. The molecule has 0 N–H and O–H groups in total. The first-order chi connectivity index (χ1) is 10.3. The Labute approximate surface area is 131 Å². The molecule has 0 amide bonds. The van der Waals surface area contributed by atoms with Gasteiger partial charge < -0.3 is 0 Å². The molecule has 0 aromatic rings. The third-order valence-corrected chi connectivity index (χ3v) is 4.18. The molecule has 0 spiro atoms. The van der Waals surface area contributed by atoms with Crippen LogP contribution in [-0.4, -0.2) is 5.78 Å². The molecule has 1 rings (SSSR count). The predicted molar refractivity (Wildman–Crippen MR) is 92.4 cm³/mol. The Morgan fingerprint density at radius 3 is 2.52 bits per heavy atom. The van der Waals surface area contributed by atoms with Crippen LogP contribution in [0.3, 0.4) is 0 Å². The monoisotopic (exact) mass is 288 g/mol. The normalized spacial score (nSPS) is 21.3. The fourth-order valence-corrected chi connectivity index (χ4v) is 2.79. The molecular formula is C20H32O. The lowest BCUT2D eigenvalue weighted by Gasteiger charge is -2.06. The van der Waals surface area contributed by atoms with E-state index < -0.39 is 0 Å². The van der Waals surface area contributed by atoms with Crippen LogP contribution in [0.25, 0.3) is 0 Å². The van der Waals surface area contributed by atoms with E-state index in [0.29, 0.717) is 11.7 Å². The Balaban J connectivity index is 2.41. The maximum absolute atomic E-state index is 12.0. The molecule has 1 atom stereocenters. The molecule has 1 nitrogen and oxygen atoms in total. The number of hydrogen-bond donors (Lipinski definition) is 0. The predicted octanol–water partition coefficient (Wildman–Crippen LogP) is 6.16. The molecule has 118 valence electrons. The van der Waals surface area contributed by atoms with Crippen molar-refractivity contribution in [3.05, 3.63) is 36.0 Å². The fraction of sp³-hybridized carbons (Fsp3) is 0.650. The summed E-state index contributed by atoms with van der Waals surface area (Å²) in [5.41, 5.74) is 1.06. The zero-order valence-electron chi connectivity index (χ0n) is 13.9. The SMILES string of the molecule is CCCC/C=C\C[C@H]1CCC(=O)/C1=C/C=C\CCCCC. The lowest BCUT2D eigenvalue weighted by Crippen LogP contribution is -2.00. The molecular weight excluding hydrogens is 256 g/mol. The van der Waals surface area contributed by atoms with E-state index in [-0.39, 0.29) is 0 Å². The average molecular weight is 288 g/mol. The van der Waals surface area contributed by atoms with Gasteiger partial charge in [0, 0.05) is 6.42 Å². The van der Waals surface area contributed by atoms with Gasteiger partial charge in [-0.05, 0) is 43.6 Å². The summed E-state index contributed by atoms with van der Waals surface area (Å²) in [6.45, 7) is 4.44. The molecule has 1 fully saturated rings. The van der Waals surface area contributed by atoms with Gasteiger partial charge in [0.1, 0.15) is 0 Å². The zero-order chi connectivity index (χ0) is 15.3. The van der Waals surface area contributed by atoms with Crippen LogP contribution >= 0.6 is 0 Å². The molecule has 0 radical (unpaired) electrons. The summed E-state index contributed by atoms with van der Waals surface area (Å²) in [5.74, 6) is 0.816. The first-order valence-corrected chi connectivity index (χ1v) is 8.84. The first kappa shape index (κ1) is 17.9. The van der Waals surface area contributed by atoms with Crippen LogP contribution in [0.2, 0.25) is 0 Å². The molecule has 21 heavy (non-hydrogen) atoms. The Morgan fingerprint density at radius 2 is 1.76 bits per heavy atom. The van der Waals surface area contributed by atoms with Crippen molar-refractivity contribution < 1.29 is 4.79 Å². The van der Waals surface area contributed by atoms with Gasteiger partial charge in [-0.3, -0.25) is 4.79 Å². The van der Waals surface area contributed by atoms with E-state index >= 15 is 0 Å². The Hall–Kier alpha value is -1.11. The van der Waals surface area contributed by atoms with Gasteiger partial charge in [-0.25, -0.2) is 0 Å². The topological polar surface area (TPSA) is 17.1 Å². The van der Waals surface area contributed by atoms with Crippen LogP contribution in [-0.2, 0) is 4.79 Å². The number of carbonyl (C=O) groups excluding carboxylic acids is 1. The number of hydrogen-bond acceptors (Lipinski definition) is 1. The van der Waals surface area contributed by atoms with E-state index in [2.05, 4.69) is 44.2 Å². The fourth-order valence-electron chi connectivity index (χ4n) is 2.79. The van der Waals surface area contributed by atoms with Crippen molar-refractivity contribution in [2.24, 2.45) is 5.92 Å². The summed E-state index contributed by atoms with van der Waals surface area (Å²) in [6.07, 6.45) is 22.4. The van der Waals surface area contributed by atoms with Crippen molar-refractivity contribution in [1.82, 2.24) is 0 Å². The molecule has 0 aliphatic heterocycles. The van der Waals surface area contributed by atoms with Crippen molar-refractivity contribution in [2.75, 3.05) is 0 Å². The second-order valence-corrected chi connectivity index (χ2v) is 6.05. The minimum atomic E-state index is 0.361. The molecule has 1 heteroatoms. The highest BCUT2D eigenvalue weighted by molar-refractivity contribution is 5.98. The van der Waals surface area contributed by atoms with Crippen LogP contribution in [0.5, 0.6) is 0 Å². The summed E-state index contributed by atoms with van der Waals surface area (Å²) in [5, 5.41) is 0. The highest BCUT2D eigenvalue weighted by Crippen LogP contribution is 2.31. The average Bonchev–Trinajstić information content (AvgIpc) is 2.83. The van der Waals surface area contributed by atoms with Gasteiger partial charge >= 0.3 is 0 Å². The minimum Gasteiger partial charge on any atom is -0.295 e. The molecule has 0 heterocycles. The van der Waals surface area contributed by atoms with Crippen LogP contribution in [0.4, 0.5) is 0 Å². The third-order valence-electron chi connectivity index (χ3n) is 4.18. The van der Waals surface area contributed by atoms with Crippen LogP contribution in [0, 0.1) is 5.92 Å². The molecule has 1 saturated carbocycles. The number of unbranched alkanes of at least 4 members (excludes halogenated alkanes) is 5. The molecule has 0 bridgehead atoms. The molecule has 1 aliphatic rings. The van der Waals surface area contributed by atoms with Crippen molar-refractivity contribution in [1.29, 1.82) is 0 Å². The van der Waals surface area contributed by atoms with Gasteiger partial charge in [0.15, 0.2) is 5.78 Å². The maximum Gasteiger partial charge on any atom is 0.159 e. The maximum atomic E-state index is 12.0. The summed E-state index contributed by atoms with van der Waals surface area (Å²) >= 11 is 0. The number of rotatable bonds is 10. The third kappa shape index (κ3) is 7.45. The second-order valence-electron chi connectivity index (χ2n) is 6.05. The first-order valence-electron chi connectivity index (χ1n) is 8.84. The van der Waals surface area contributed by atoms with Crippen molar-refractivity contribution in [2.45, 2.75) is 78.1 Å². The van der Waals surface area contributed by atoms with E-state index in [1.807, 2.05) is 0 Å². The highest BCUT2D eigenvalue weighted by Gasteiger charge is 2.26. The Bertz CT molecular complexity index is 373. The van der Waals surface area contributed by atoms with E-state index in [1.54, 1.807) is 0 Å². The molecule has 1 aliphatic carbocycles. The number of allylic oxidation sites excluding steroid dienone is 6. The Morgan fingerprint density at radius 1 is 1.00 bits per heavy atom. The lowest BCUT2D eigenvalue weighted by atomic mass is 9.97. The minimum absolute atomic E-state index is 0.361. The van der Waals surface area contributed by atoms with Gasteiger partial charge in [0.05, 0.1) is 0 Å². The van der Waals surface area contributed by atoms with Gasteiger partial charge in [0.25, 0.3) is 0 Å². The van der Waals surface area contributed by atoms with Crippen LogP contribution < -0.4 is 0 Å². The standard InChI is InChI=1S/C20H32O/c1-3-5-7-9-11-13-15-19-18(16-17-20(19)21)14-12-10-8-6-4-2/h10-13,15,18H,3-9,14,16-17H2,1-2H3/b12-10-,13-11-,19-15+/t18-/m0/s1. The molecule has 0 aromatic carbocycles.